The van der Waals surface area contributed by atoms with Crippen LogP contribution in [0.2, 0.25) is 0 Å². The minimum absolute atomic E-state index is 0.0583. The first-order chi connectivity index (χ1) is 12.5. The molecule has 6 nitrogen and oxygen atoms in total. The van der Waals surface area contributed by atoms with Crippen molar-refractivity contribution in [2.24, 2.45) is 0 Å². The Morgan fingerprint density at radius 1 is 0.923 bits per heavy atom. The SMILES string of the molecule is CCN(CC)c1ccc(C(=O)NNC(=O)CNc2ccc(Br)cc2)cc1. The summed E-state index contributed by atoms with van der Waals surface area (Å²) in [5.41, 5.74) is 7.20. The molecule has 0 aliphatic heterocycles. The first-order valence-electron chi connectivity index (χ1n) is 8.47. The van der Waals surface area contributed by atoms with Gasteiger partial charge in [0.15, 0.2) is 0 Å². The molecule has 0 unspecified atom stereocenters. The number of anilines is 2. The Balaban J connectivity index is 1.80. The van der Waals surface area contributed by atoms with Crippen LogP contribution in [0.3, 0.4) is 0 Å². The van der Waals surface area contributed by atoms with Crippen molar-refractivity contribution < 1.29 is 9.59 Å². The fourth-order valence-electron chi connectivity index (χ4n) is 2.41. The summed E-state index contributed by atoms with van der Waals surface area (Å²) in [6.07, 6.45) is 0. The van der Waals surface area contributed by atoms with Crippen molar-refractivity contribution in [1.29, 1.82) is 0 Å². The second-order valence-electron chi connectivity index (χ2n) is 5.58. The van der Waals surface area contributed by atoms with Gasteiger partial charge in [0.25, 0.3) is 11.8 Å². The molecule has 26 heavy (non-hydrogen) atoms. The molecule has 0 atom stereocenters. The van der Waals surface area contributed by atoms with E-state index in [9.17, 15) is 9.59 Å². The molecule has 2 aromatic rings. The number of carbonyl (C=O) groups is 2. The van der Waals surface area contributed by atoms with E-state index >= 15 is 0 Å². The Hall–Kier alpha value is -2.54. The third-order valence-corrected chi connectivity index (χ3v) is 4.40. The van der Waals surface area contributed by atoms with Crippen LogP contribution in [0.5, 0.6) is 0 Å². The molecular formula is C19H23BrN4O2. The van der Waals surface area contributed by atoms with E-state index in [2.05, 4.69) is 50.8 Å². The summed E-state index contributed by atoms with van der Waals surface area (Å²) >= 11 is 3.35. The van der Waals surface area contributed by atoms with Crippen LogP contribution in [0.1, 0.15) is 24.2 Å². The summed E-state index contributed by atoms with van der Waals surface area (Å²) in [5.74, 6) is -0.686. The number of nitrogens with zero attached hydrogens (tertiary/aromatic N) is 1. The summed E-state index contributed by atoms with van der Waals surface area (Å²) in [7, 11) is 0. The highest BCUT2D eigenvalue weighted by atomic mass is 79.9. The number of hydrogen-bond donors (Lipinski definition) is 3. The smallest absolute Gasteiger partial charge is 0.269 e. The van der Waals surface area contributed by atoms with E-state index in [1.165, 1.54) is 0 Å². The highest BCUT2D eigenvalue weighted by Gasteiger charge is 2.08. The molecule has 0 radical (unpaired) electrons. The molecule has 2 rings (SSSR count). The van der Waals surface area contributed by atoms with Crippen molar-refractivity contribution in [2.75, 3.05) is 29.9 Å². The van der Waals surface area contributed by atoms with Crippen LogP contribution >= 0.6 is 15.9 Å². The fourth-order valence-corrected chi connectivity index (χ4v) is 2.67. The average molecular weight is 419 g/mol. The second kappa shape index (κ2) is 9.82. The van der Waals surface area contributed by atoms with Gasteiger partial charge in [-0.3, -0.25) is 20.4 Å². The maximum absolute atomic E-state index is 12.1. The predicted octanol–water partition coefficient (Wildman–Crippen LogP) is 3.17. The first-order valence-corrected chi connectivity index (χ1v) is 9.26. The van der Waals surface area contributed by atoms with E-state index in [1.54, 1.807) is 12.1 Å². The third kappa shape index (κ3) is 5.77. The van der Waals surface area contributed by atoms with Gasteiger partial charge < -0.3 is 10.2 Å². The molecule has 3 N–H and O–H groups in total. The van der Waals surface area contributed by atoms with Gasteiger partial charge in [-0.2, -0.15) is 0 Å². The highest BCUT2D eigenvalue weighted by Crippen LogP contribution is 2.15. The molecule has 138 valence electrons. The number of benzene rings is 2. The molecule has 0 aliphatic rings. The molecule has 2 amide bonds. The van der Waals surface area contributed by atoms with Gasteiger partial charge >= 0.3 is 0 Å². The maximum Gasteiger partial charge on any atom is 0.269 e. The van der Waals surface area contributed by atoms with Crippen LogP contribution in [0.25, 0.3) is 0 Å². The van der Waals surface area contributed by atoms with E-state index in [0.29, 0.717) is 5.56 Å². The van der Waals surface area contributed by atoms with Gasteiger partial charge in [-0.25, -0.2) is 0 Å². The van der Waals surface area contributed by atoms with Crippen molar-refractivity contribution >= 4 is 39.1 Å². The van der Waals surface area contributed by atoms with Gasteiger partial charge in [-0.1, -0.05) is 15.9 Å². The molecular weight excluding hydrogens is 396 g/mol. The Morgan fingerprint density at radius 3 is 2.12 bits per heavy atom. The lowest BCUT2D eigenvalue weighted by atomic mass is 10.2. The number of carbonyl (C=O) groups excluding carboxylic acids is 2. The number of hydrazine groups is 1. The second-order valence-corrected chi connectivity index (χ2v) is 6.50. The van der Waals surface area contributed by atoms with E-state index in [1.807, 2.05) is 36.4 Å². The van der Waals surface area contributed by atoms with E-state index in [-0.39, 0.29) is 18.4 Å². The Labute approximate surface area is 162 Å². The molecule has 0 saturated carbocycles. The monoisotopic (exact) mass is 418 g/mol. The standard InChI is InChI=1S/C19H23BrN4O2/c1-3-24(4-2)17-11-5-14(6-12-17)19(26)23-22-18(25)13-21-16-9-7-15(20)8-10-16/h5-12,21H,3-4,13H2,1-2H3,(H,22,25)(H,23,26). The largest absolute Gasteiger partial charge is 0.376 e. The molecule has 0 spiro atoms. The number of nitrogens with one attached hydrogen (secondary N) is 3. The summed E-state index contributed by atoms with van der Waals surface area (Å²) in [6.45, 7) is 6.04. The van der Waals surface area contributed by atoms with E-state index < -0.39 is 0 Å². The summed E-state index contributed by atoms with van der Waals surface area (Å²) in [4.78, 5) is 26.1. The highest BCUT2D eigenvalue weighted by molar-refractivity contribution is 9.10. The van der Waals surface area contributed by atoms with Crippen LogP contribution in [0.4, 0.5) is 11.4 Å². The molecule has 7 heteroatoms. The Kier molecular flexibility index (Phi) is 7.47. The summed E-state index contributed by atoms with van der Waals surface area (Å²) < 4.78 is 0.965. The normalized spacial score (nSPS) is 10.1. The Bertz CT molecular complexity index is 728. The molecule has 0 saturated heterocycles. The van der Waals surface area contributed by atoms with Gasteiger partial charge in [0.2, 0.25) is 0 Å². The summed E-state index contributed by atoms with van der Waals surface area (Å²) in [5, 5.41) is 2.98. The lowest BCUT2D eigenvalue weighted by Crippen LogP contribution is -2.44. The lowest BCUT2D eigenvalue weighted by Gasteiger charge is -2.21. The van der Waals surface area contributed by atoms with Gasteiger partial charge in [-0.15, -0.1) is 0 Å². The molecule has 0 aliphatic carbocycles. The zero-order chi connectivity index (χ0) is 18.9. The van der Waals surface area contributed by atoms with Crippen molar-refractivity contribution in [3.05, 3.63) is 58.6 Å². The van der Waals surface area contributed by atoms with Crippen molar-refractivity contribution in [1.82, 2.24) is 10.9 Å². The quantitative estimate of drug-likeness (QED) is 0.603. The van der Waals surface area contributed by atoms with Gasteiger partial charge in [-0.05, 0) is 62.4 Å². The fraction of sp³-hybridized carbons (Fsp3) is 0.263. The maximum atomic E-state index is 12.1. The van der Waals surface area contributed by atoms with Crippen LogP contribution in [-0.2, 0) is 4.79 Å². The zero-order valence-electron chi connectivity index (χ0n) is 14.9. The molecule has 0 heterocycles. The summed E-state index contributed by atoms with van der Waals surface area (Å²) in [6, 6.07) is 14.8. The number of halogens is 1. The molecule has 2 aromatic carbocycles. The minimum Gasteiger partial charge on any atom is -0.376 e. The van der Waals surface area contributed by atoms with E-state index in [4.69, 9.17) is 0 Å². The van der Waals surface area contributed by atoms with Gasteiger partial charge in [0.1, 0.15) is 0 Å². The topological polar surface area (TPSA) is 73.5 Å². The van der Waals surface area contributed by atoms with Crippen molar-refractivity contribution in [2.45, 2.75) is 13.8 Å². The molecule has 0 aromatic heterocycles. The van der Waals surface area contributed by atoms with Crippen LogP contribution in [-0.4, -0.2) is 31.4 Å². The van der Waals surface area contributed by atoms with Crippen LogP contribution in [0.15, 0.2) is 53.0 Å². The lowest BCUT2D eigenvalue weighted by molar-refractivity contribution is -0.120. The van der Waals surface area contributed by atoms with Gasteiger partial charge in [0.05, 0.1) is 6.54 Å². The number of amides is 2. The van der Waals surface area contributed by atoms with Crippen LogP contribution in [0, 0.1) is 0 Å². The van der Waals surface area contributed by atoms with Gasteiger partial charge in [0, 0.05) is 34.5 Å². The number of rotatable bonds is 7. The predicted molar refractivity (Wildman–Crippen MR) is 108 cm³/mol. The van der Waals surface area contributed by atoms with Crippen molar-refractivity contribution in [3.63, 3.8) is 0 Å². The van der Waals surface area contributed by atoms with Crippen molar-refractivity contribution in [3.8, 4) is 0 Å². The zero-order valence-corrected chi connectivity index (χ0v) is 16.5. The third-order valence-electron chi connectivity index (χ3n) is 3.87. The average Bonchev–Trinajstić information content (AvgIpc) is 2.67. The van der Waals surface area contributed by atoms with E-state index in [0.717, 1.165) is 28.9 Å². The Morgan fingerprint density at radius 2 is 1.54 bits per heavy atom. The first kappa shape index (κ1) is 19.8. The minimum atomic E-state index is -0.354. The molecule has 0 fully saturated rings. The molecule has 0 bridgehead atoms. The van der Waals surface area contributed by atoms with Crippen LogP contribution < -0.4 is 21.1 Å². The number of hydrogen-bond acceptors (Lipinski definition) is 4.